The first-order valence-electron chi connectivity index (χ1n) is 10.1. The van der Waals surface area contributed by atoms with Crippen LogP contribution in [0, 0.1) is 13.8 Å². The van der Waals surface area contributed by atoms with Gasteiger partial charge in [-0.2, -0.15) is 0 Å². The molecule has 2 aromatic rings. The third-order valence-corrected chi connectivity index (χ3v) is 5.26. The van der Waals surface area contributed by atoms with Crippen LogP contribution < -0.4 is 5.73 Å². The number of hydrogen-bond donors (Lipinski definition) is 1. The van der Waals surface area contributed by atoms with Gasteiger partial charge in [-0.05, 0) is 57.0 Å². The minimum absolute atomic E-state index is 0.798. The molecule has 2 N–H and O–H groups in total. The second-order valence-corrected chi connectivity index (χ2v) is 7.41. The lowest BCUT2D eigenvalue weighted by molar-refractivity contribution is 0.294. The van der Waals surface area contributed by atoms with Crippen LogP contribution >= 0.6 is 0 Å². The van der Waals surface area contributed by atoms with E-state index in [1.165, 1.54) is 29.5 Å². The van der Waals surface area contributed by atoms with Crippen molar-refractivity contribution in [2.45, 2.75) is 33.1 Å². The highest BCUT2D eigenvalue weighted by Gasteiger charge is 2.24. The molecule has 0 spiro atoms. The number of nitrogens with two attached hydrogens (primary N) is 1. The SMILES string of the molecule is Cc1ccccc1/N=C(\c1ccccc1C)N1CCN(CCCCCN)C1. The van der Waals surface area contributed by atoms with Crippen LogP contribution in [-0.4, -0.2) is 48.5 Å². The summed E-state index contributed by atoms with van der Waals surface area (Å²) in [6.07, 6.45) is 3.56. The first kappa shape index (κ1) is 19.6. The number of benzene rings is 2. The van der Waals surface area contributed by atoms with Crippen LogP contribution in [-0.2, 0) is 0 Å². The van der Waals surface area contributed by atoms with Gasteiger partial charge in [0.1, 0.15) is 5.84 Å². The maximum absolute atomic E-state index is 5.61. The Bertz CT molecular complexity index is 768. The maximum Gasteiger partial charge on any atom is 0.137 e. The number of unbranched alkanes of at least 4 members (excludes halogenated alkanes) is 2. The molecule has 1 saturated heterocycles. The number of aliphatic imine (C=N–C) groups is 1. The Morgan fingerprint density at radius 2 is 1.67 bits per heavy atom. The van der Waals surface area contributed by atoms with Crippen LogP contribution in [0.4, 0.5) is 5.69 Å². The van der Waals surface area contributed by atoms with Gasteiger partial charge in [0.05, 0.1) is 12.4 Å². The number of amidine groups is 1. The monoisotopic (exact) mass is 364 g/mol. The molecule has 1 aliphatic heterocycles. The third-order valence-electron chi connectivity index (χ3n) is 5.26. The lowest BCUT2D eigenvalue weighted by Crippen LogP contribution is -2.32. The van der Waals surface area contributed by atoms with Crippen LogP contribution in [0.5, 0.6) is 0 Å². The predicted molar refractivity (Wildman–Crippen MR) is 115 cm³/mol. The molecule has 27 heavy (non-hydrogen) atoms. The third kappa shape index (κ3) is 5.18. The summed E-state index contributed by atoms with van der Waals surface area (Å²) in [4.78, 5) is 10.1. The average molecular weight is 365 g/mol. The Kier molecular flexibility index (Phi) is 7.02. The number of nitrogens with zero attached hydrogens (tertiary/aromatic N) is 3. The van der Waals surface area contributed by atoms with Crippen molar-refractivity contribution >= 4 is 11.5 Å². The molecule has 1 heterocycles. The number of para-hydroxylation sites is 1. The van der Waals surface area contributed by atoms with Crippen molar-refractivity contribution in [1.29, 1.82) is 0 Å². The molecular weight excluding hydrogens is 332 g/mol. The van der Waals surface area contributed by atoms with Crippen LogP contribution in [0.15, 0.2) is 53.5 Å². The maximum atomic E-state index is 5.61. The lowest BCUT2D eigenvalue weighted by atomic mass is 10.1. The first-order chi connectivity index (χ1) is 13.2. The molecule has 2 aromatic carbocycles. The van der Waals surface area contributed by atoms with Gasteiger partial charge in [-0.1, -0.05) is 48.9 Å². The zero-order valence-electron chi connectivity index (χ0n) is 16.7. The molecule has 4 nitrogen and oxygen atoms in total. The van der Waals surface area contributed by atoms with E-state index in [4.69, 9.17) is 10.7 Å². The van der Waals surface area contributed by atoms with Crippen molar-refractivity contribution in [2.24, 2.45) is 10.7 Å². The molecule has 0 bridgehead atoms. The van der Waals surface area contributed by atoms with Crippen LogP contribution in [0.3, 0.4) is 0 Å². The summed E-state index contributed by atoms with van der Waals surface area (Å²) in [5.41, 5.74) is 10.4. The fraction of sp³-hybridized carbons (Fsp3) is 0.435. The van der Waals surface area contributed by atoms with Crippen molar-refractivity contribution in [3.8, 4) is 0 Å². The molecular formula is C23H32N4. The summed E-state index contributed by atoms with van der Waals surface area (Å²) in [5.74, 6) is 1.09. The first-order valence-corrected chi connectivity index (χ1v) is 10.1. The minimum Gasteiger partial charge on any atom is -0.342 e. The molecule has 0 aliphatic carbocycles. The summed E-state index contributed by atoms with van der Waals surface area (Å²) in [7, 11) is 0. The van der Waals surface area contributed by atoms with Gasteiger partial charge in [-0.25, -0.2) is 4.99 Å². The molecule has 3 rings (SSSR count). The minimum atomic E-state index is 0.798. The summed E-state index contributed by atoms with van der Waals surface area (Å²) >= 11 is 0. The summed E-state index contributed by atoms with van der Waals surface area (Å²) in [6, 6.07) is 16.9. The van der Waals surface area contributed by atoms with Gasteiger partial charge in [0, 0.05) is 18.7 Å². The van der Waals surface area contributed by atoms with Gasteiger partial charge in [0.25, 0.3) is 0 Å². The van der Waals surface area contributed by atoms with Crippen LogP contribution in [0.1, 0.15) is 36.0 Å². The normalized spacial score (nSPS) is 15.5. The highest BCUT2D eigenvalue weighted by atomic mass is 15.4. The van der Waals surface area contributed by atoms with Crippen LogP contribution in [0.2, 0.25) is 0 Å². The van der Waals surface area contributed by atoms with Gasteiger partial charge in [0.2, 0.25) is 0 Å². The summed E-state index contributed by atoms with van der Waals surface area (Å²) in [6.45, 7) is 9.30. The van der Waals surface area contributed by atoms with E-state index in [-0.39, 0.29) is 0 Å². The van der Waals surface area contributed by atoms with E-state index < -0.39 is 0 Å². The second kappa shape index (κ2) is 9.67. The van der Waals surface area contributed by atoms with Crippen molar-refractivity contribution in [3.63, 3.8) is 0 Å². The topological polar surface area (TPSA) is 44.9 Å². The zero-order chi connectivity index (χ0) is 19.1. The smallest absolute Gasteiger partial charge is 0.137 e. The number of aryl methyl sites for hydroxylation is 2. The molecule has 0 unspecified atom stereocenters. The van der Waals surface area contributed by atoms with Crippen molar-refractivity contribution in [1.82, 2.24) is 9.80 Å². The zero-order valence-corrected chi connectivity index (χ0v) is 16.7. The molecule has 0 saturated carbocycles. The summed E-state index contributed by atoms with van der Waals surface area (Å²) in [5, 5.41) is 0. The van der Waals surface area contributed by atoms with Crippen LogP contribution in [0.25, 0.3) is 0 Å². The largest absolute Gasteiger partial charge is 0.342 e. The molecule has 1 aliphatic rings. The highest BCUT2D eigenvalue weighted by molar-refractivity contribution is 6.01. The molecule has 4 heteroatoms. The molecule has 0 amide bonds. The second-order valence-electron chi connectivity index (χ2n) is 7.41. The predicted octanol–water partition coefficient (Wildman–Crippen LogP) is 4.09. The molecule has 1 fully saturated rings. The Hall–Kier alpha value is -2.17. The van der Waals surface area contributed by atoms with E-state index >= 15 is 0 Å². The van der Waals surface area contributed by atoms with Gasteiger partial charge in [-0.3, -0.25) is 4.90 Å². The van der Waals surface area contributed by atoms with Gasteiger partial charge >= 0.3 is 0 Å². The Balaban J connectivity index is 1.82. The molecule has 0 radical (unpaired) electrons. The quantitative estimate of drug-likeness (QED) is 0.457. The van der Waals surface area contributed by atoms with Crippen molar-refractivity contribution in [3.05, 3.63) is 65.2 Å². The van der Waals surface area contributed by atoms with Gasteiger partial charge in [-0.15, -0.1) is 0 Å². The molecule has 0 atom stereocenters. The van der Waals surface area contributed by atoms with E-state index in [0.717, 1.165) is 50.8 Å². The van der Waals surface area contributed by atoms with E-state index in [1.54, 1.807) is 0 Å². The Morgan fingerprint density at radius 3 is 2.41 bits per heavy atom. The lowest BCUT2D eigenvalue weighted by Gasteiger charge is -2.23. The average Bonchev–Trinajstić information content (AvgIpc) is 3.14. The number of hydrogen-bond acceptors (Lipinski definition) is 3. The molecule has 0 aromatic heterocycles. The Labute approximate surface area is 163 Å². The summed E-state index contributed by atoms with van der Waals surface area (Å²) < 4.78 is 0. The fourth-order valence-electron chi connectivity index (χ4n) is 3.58. The van der Waals surface area contributed by atoms with E-state index in [9.17, 15) is 0 Å². The van der Waals surface area contributed by atoms with E-state index in [2.05, 4.69) is 72.2 Å². The fourth-order valence-corrected chi connectivity index (χ4v) is 3.58. The van der Waals surface area contributed by atoms with Crippen molar-refractivity contribution in [2.75, 3.05) is 32.8 Å². The van der Waals surface area contributed by atoms with E-state index in [1.807, 2.05) is 0 Å². The van der Waals surface area contributed by atoms with E-state index in [0.29, 0.717) is 0 Å². The van der Waals surface area contributed by atoms with Gasteiger partial charge in [0.15, 0.2) is 0 Å². The van der Waals surface area contributed by atoms with Crippen molar-refractivity contribution < 1.29 is 0 Å². The molecule has 144 valence electrons. The Morgan fingerprint density at radius 1 is 0.926 bits per heavy atom. The number of rotatable bonds is 7. The highest BCUT2D eigenvalue weighted by Crippen LogP contribution is 2.23. The van der Waals surface area contributed by atoms with Gasteiger partial charge < -0.3 is 10.6 Å². The standard InChI is InChI=1S/C23H32N4/c1-19-10-4-6-12-21(19)23(25-22-13-7-5-11-20(22)2)27-17-16-26(18-27)15-9-3-8-14-24/h4-7,10-13H,3,8-9,14-18,24H2,1-2H3/b25-23+.